The Bertz CT molecular complexity index is 177. The standard InChI is InChI=1S/C4H5NO.C4H8O2/c6-4-2-1-3-5-4;1-2-3-4(5)6/h1,3H,2H2,(H,5,6);2-3H2,1H3,(H,5,6). The first-order valence-electron chi connectivity index (χ1n) is 3.83. The molecule has 0 fully saturated rings. The molecule has 2 N–H and O–H groups in total. The number of carbonyl (C=O) groups excluding carboxylic acids is 1. The van der Waals surface area contributed by atoms with Crippen molar-refractivity contribution >= 4 is 11.9 Å². The van der Waals surface area contributed by atoms with Crippen LogP contribution in [0.3, 0.4) is 0 Å². The molecule has 4 nitrogen and oxygen atoms in total. The third kappa shape index (κ3) is 6.80. The van der Waals surface area contributed by atoms with Gasteiger partial charge in [-0.3, -0.25) is 9.59 Å². The molecule has 0 aromatic carbocycles. The summed E-state index contributed by atoms with van der Waals surface area (Å²) in [5, 5.41) is 10.4. The van der Waals surface area contributed by atoms with E-state index in [-0.39, 0.29) is 5.91 Å². The first kappa shape index (κ1) is 10.7. The number of nitrogens with one attached hydrogen (secondary N) is 1. The van der Waals surface area contributed by atoms with Crippen molar-refractivity contribution in [2.45, 2.75) is 26.2 Å². The lowest BCUT2D eigenvalue weighted by Crippen LogP contribution is -2.08. The molecule has 0 atom stereocenters. The molecule has 0 spiro atoms. The fraction of sp³-hybridized carbons (Fsp3) is 0.500. The van der Waals surface area contributed by atoms with Crippen LogP contribution in [0.25, 0.3) is 0 Å². The molecule has 1 heterocycles. The zero-order valence-electron chi connectivity index (χ0n) is 7.04. The molecular weight excluding hydrogens is 158 g/mol. The van der Waals surface area contributed by atoms with Gasteiger partial charge in [-0.05, 0) is 6.42 Å². The molecule has 4 heteroatoms. The van der Waals surface area contributed by atoms with Gasteiger partial charge in [0.25, 0.3) is 0 Å². The van der Waals surface area contributed by atoms with Crippen LogP contribution in [-0.4, -0.2) is 17.0 Å². The Morgan fingerprint density at radius 3 is 2.50 bits per heavy atom. The number of carboxylic acids is 1. The maximum atomic E-state index is 10.1. The molecular formula is C8H13NO3. The number of carboxylic acid groups (broad SMARTS) is 1. The van der Waals surface area contributed by atoms with Crippen molar-refractivity contribution in [3.8, 4) is 0 Å². The molecule has 0 radical (unpaired) electrons. The zero-order valence-corrected chi connectivity index (χ0v) is 7.04. The Balaban J connectivity index is 0.000000202. The van der Waals surface area contributed by atoms with Crippen LogP contribution in [0, 0.1) is 0 Å². The number of amides is 1. The Morgan fingerprint density at radius 2 is 2.42 bits per heavy atom. The van der Waals surface area contributed by atoms with Gasteiger partial charge in [-0.15, -0.1) is 0 Å². The second kappa shape index (κ2) is 6.39. The third-order valence-corrected chi connectivity index (χ3v) is 1.13. The molecule has 0 unspecified atom stereocenters. The van der Waals surface area contributed by atoms with Gasteiger partial charge in [0.1, 0.15) is 0 Å². The lowest BCUT2D eigenvalue weighted by molar-refractivity contribution is -0.137. The normalized spacial score (nSPS) is 13.2. The van der Waals surface area contributed by atoms with Crippen LogP contribution in [0.15, 0.2) is 12.3 Å². The van der Waals surface area contributed by atoms with Gasteiger partial charge in [-0.1, -0.05) is 13.0 Å². The number of rotatable bonds is 2. The summed E-state index contributed by atoms with van der Waals surface area (Å²) in [4.78, 5) is 19.7. The third-order valence-electron chi connectivity index (χ3n) is 1.13. The molecule has 0 aromatic heterocycles. The zero-order chi connectivity index (χ0) is 9.40. The van der Waals surface area contributed by atoms with Crippen molar-refractivity contribution in [2.75, 3.05) is 0 Å². The van der Waals surface area contributed by atoms with Crippen molar-refractivity contribution in [2.24, 2.45) is 0 Å². The second-order valence-electron chi connectivity index (χ2n) is 2.32. The second-order valence-corrected chi connectivity index (χ2v) is 2.32. The number of hydrogen-bond donors (Lipinski definition) is 2. The van der Waals surface area contributed by atoms with Gasteiger partial charge in [-0.25, -0.2) is 0 Å². The van der Waals surface area contributed by atoms with E-state index in [2.05, 4.69) is 5.32 Å². The largest absolute Gasteiger partial charge is 0.481 e. The van der Waals surface area contributed by atoms with E-state index in [1.807, 2.05) is 6.92 Å². The smallest absolute Gasteiger partial charge is 0.303 e. The highest BCUT2D eigenvalue weighted by Gasteiger charge is 1.97. The van der Waals surface area contributed by atoms with Gasteiger partial charge in [-0.2, -0.15) is 0 Å². The minimum atomic E-state index is -0.711. The molecule has 0 saturated carbocycles. The summed E-state index contributed by atoms with van der Waals surface area (Å²) in [6.07, 6.45) is 5.03. The van der Waals surface area contributed by atoms with Crippen LogP contribution < -0.4 is 5.32 Å². The Hall–Kier alpha value is -1.32. The molecule has 1 aliphatic heterocycles. The van der Waals surface area contributed by atoms with Gasteiger partial charge in [0, 0.05) is 19.0 Å². The van der Waals surface area contributed by atoms with Crippen molar-refractivity contribution in [3.05, 3.63) is 12.3 Å². The molecule has 1 aliphatic rings. The number of carbonyl (C=O) groups is 2. The summed E-state index contributed by atoms with van der Waals surface area (Å²) >= 11 is 0. The summed E-state index contributed by atoms with van der Waals surface area (Å²) in [5.74, 6) is -0.618. The van der Waals surface area contributed by atoms with E-state index in [1.54, 1.807) is 12.3 Å². The Kier molecular flexibility index (Phi) is 5.69. The first-order chi connectivity index (χ1) is 5.66. The highest BCUT2D eigenvalue weighted by Crippen LogP contribution is 1.87. The van der Waals surface area contributed by atoms with Crippen molar-refractivity contribution in [3.63, 3.8) is 0 Å². The number of aliphatic carboxylic acids is 1. The van der Waals surface area contributed by atoms with Gasteiger partial charge in [0.15, 0.2) is 0 Å². The van der Waals surface area contributed by atoms with E-state index in [1.165, 1.54) is 0 Å². The van der Waals surface area contributed by atoms with Crippen LogP contribution >= 0.6 is 0 Å². The quantitative estimate of drug-likeness (QED) is 0.648. The average molecular weight is 171 g/mol. The van der Waals surface area contributed by atoms with Crippen LogP contribution in [-0.2, 0) is 9.59 Å². The van der Waals surface area contributed by atoms with Crippen LogP contribution in [0.5, 0.6) is 0 Å². The summed E-state index contributed by atoms with van der Waals surface area (Å²) in [6, 6.07) is 0. The summed E-state index contributed by atoms with van der Waals surface area (Å²) in [7, 11) is 0. The van der Waals surface area contributed by atoms with E-state index in [0.717, 1.165) is 6.42 Å². The molecule has 0 saturated heterocycles. The first-order valence-corrected chi connectivity index (χ1v) is 3.83. The predicted molar refractivity (Wildman–Crippen MR) is 44.4 cm³/mol. The fourth-order valence-corrected chi connectivity index (χ4v) is 0.591. The Morgan fingerprint density at radius 1 is 1.75 bits per heavy atom. The molecule has 0 bridgehead atoms. The molecule has 0 aliphatic carbocycles. The van der Waals surface area contributed by atoms with Crippen molar-refractivity contribution in [1.82, 2.24) is 5.32 Å². The molecule has 68 valence electrons. The van der Waals surface area contributed by atoms with Gasteiger partial charge in [0.05, 0.1) is 0 Å². The van der Waals surface area contributed by atoms with E-state index >= 15 is 0 Å². The average Bonchev–Trinajstić information content (AvgIpc) is 2.40. The van der Waals surface area contributed by atoms with Crippen molar-refractivity contribution in [1.29, 1.82) is 0 Å². The predicted octanol–water partition coefficient (Wildman–Crippen LogP) is 0.891. The topological polar surface area (TPSA) is 66.4 Å². The lowest BCUT2D eigenvalue weighted by Gasteiger charge is -1.79. The number of hydrogen-bond acceptors (Lipinski definition) is 2. The molecule has 12 heavy (non-hydrogen) atoms. The SMILES string of the molecule is CCCC(=O)O.O=C1CC=CN1. The summed E-state index contributed by atoms with van der Waals surface area (Å²) < 4.78 is 0. The summed E-state index contributed by atoms with van der Waals surface area (Å²) in [6.45, 7) is 1.84. The van der Waals surface area contributed by atoms with E-state index in [9.17, 15) is 9.59 Å². The molecule has 1 amide bonds. The minimum absolute atomic E-state index is 0.0926. The van der Waals surface area contributed by atoms with Crippen LogP contribution in [0.4, 0.5) is 0 Å². The summed E-state index contributed by atoms with van der Waals surface area (Å²) in [5.41, 5.74) is 0. The van der Waals surface area contributed by atoms with Crippen LogP contribution in [0.1, 0.15) is 26.2 Å². The van der Waals surface area contributed by atoms with E-state index in [4.69, 9.17) is 5.11 Å². The van der Waals surface area contributed by atoms with Crippen molar-refractivity contribution < 1.29 is 14.7 Å². The maximum Gasteiger partial charge on any atom is 0.303 e. The van der Waals surface area contributed by atoms with Gasteiger partial charge >= 0.3 is 5.97 Å². The van der Waals surface area contributed by atoms with Gasteiger partial charge in [0.2, 0.25) is 5.91 Å². The monoisotopic (exact) mass is 171 g/mol. The highest BCUT2D eigenvalue weighted by atomic mass is 16.4. The van der Waals surface area contributed by atoms with Crippen LogP contribution in [0.2, 0.25) is 0 Å². The molecule has 0 aromatic rings. The highest BCUT2D eigenvalue weighted by molar-refractivity contribution is 5.80. The van der Waals surface area contributed by atoms with E-state index < -0.39 is 5.97 Å². The Labute approximate surface area is 71.3 Å². The minimum Gasteiger partial charge on any atom is -0.481 e. The molecule has 1 rings (SSSR count). The maximum absolute atomic E-state index is 10.1. The lowest BCUT2D eigenvalue weighted by atomic mass is 10.4. The fourth-order valence-electron chi connectivity index (χ4n) is 0.591. The van der Waals surface area contributed by atoms with Gasteiger partial charge < -0.3 is 10.4 Å². The van der Waals surface area contributed by atoms with E-state index in [0.29, 0.717) is 12.8 Å².